The summed E-state index contributed by atoms with van der Waals surface area (Å²) in [4.78, 5) is 11.1. The Hall–Kier alpha value is -1.96. The lowest BCUT2D eigenvalue weighted by atomic mass is 10.0. The van der Waals surface area contributed by atoms with Crippen LogP contribution in [-0.4, -0.2) is 5.78 Å². The molecule has 0 heterocycles. The highest BCUT2D eigenvalue weighted by atomic mass is 19.1. The van der Waals surface area contributed by atoms with Gasteiger partial charge in [0.1, 0.15) is 5.82 Å². The van der Waals surface area contributed by atoms with Crippen molar-refractivity contribution in [3.05, 3.63) is 71.0 Å². The van der Waals surface area contributed by atoms with Crippen molar-refractivity contribution in [2.45, 2.75) is 13.3 Å². The van der Waals surface area contributed by atoms with E-state index in [4.69, 9.17) is 0 Å². The van der Waals surface area contributed by atoms with Gasteiger partial charge in [-0.05, 0) is 36.6 Å². The van der Waals surface area contributed by atoms with Crippen LogP contribution in [0.25, 0.3) is 0 Å². The van der Waals surface area contributed by atoms with Crippen molar-refractivity contribution in [3.8, 4) is 0 Å². The van der Waals surface area contributed by atoms with Gasteiger partial charge in [-0.2, -0.15) is 0 Å². The maximum atomic E-state index is 13.0. The molecule has 0 aliphatic heterocycles. The van der Waals surface area contributed by atoms with Crippen LogP contribution in [0.3, 0.4) is 0 Å². The first-order valence-electron chi connectivity index (χ1n) is 5.49. The van der Waals surface area contributed by atoms with Crippen LogP contribution in [0.5, 0.6) is 0 Å². The van der Waals surface area contributed by atoms with Gasteiger partial charge < -0.3 is 0 Å². The topological polar surface area (TPSA) is 17.1 Å². The fraction of sp³-hybridized carbons (Fsp3) is 0.133. The average molecular weight is 228 g/mol. The summed E-state index contributed by atoms with van der Waals surface area (Å²) in [6, 6.07) is 14.0. The van der Waals surface area contributed by atoms with Gasteiger partial charge in [0.25, 0.3) is 0 Å². The molecule has 0 aromatic heterocycles. The highest BCUT2D eigenvalue weighted by molar-refractivity contribution is 5.94. The minimum Gasteiger partial charge on any atom is -0.295 e. The molecular weight excluding hydrogens is 215 g/mol. The van der Waals surface area contributed by atoms with Crippen LogP contribution in [0.1, 0.15) is 28.4 Å². The third-order valence-corrected chi connectivity index (χ3v) is 2.66. The monoisotopic (exact) mass is 228 g/mol. The summed E-state index contributed by atoms with van der Waals surface area (Å²) in [7, 11) is 0. The van der Waals surface area contributed by atoms with E-state index in [2.05, 4.69) is 0 Å². The number of carbonyl (C=O) groups is 1. The summed E-state index contributed by atoms with van der Waals surface area (Å²) in [5, 5.41) is 0. The summed E-state index contributed by atoms with van der Waals surface area (Å²) in [5.74, 6) is -0.162. The first-order valence-corrected chi connectivity index (χ1v) is 5.49. The van der Waals surface area contributed by atoms with E-state index in [1.54, 1.807) is 25.1 Å². The highest BCUT2D eigenvalue weighted by Crippen LogP contribution is 2.12. The zero-order valence-corrected chi connectivity index (χ0v) is 9.61. The largest absolute Gasteiger partial charge is 0.295 e. The van der Waals surface area contributed by atoms with E-state index < -0.39 is 0 Å². The molecule has 0 saturated heterocycles. The number of Topliss-reactive ketones (excluding diaryl/α,β-unsaturated/α-hetero) is 1. The van der Waals surface area contributed by atoms with Crippen molar-refractivity contribution in [3.63, 3.8) is 0 Å². The molecule has 0 radical (unpaired) electrons. The molecule has 0 bridgehead atoms. The maximum absolute atomic E-state index is 13.0. The lowest BCUT2D eigenvalue weighted by Crippen LogP contribution is -1.93. The van der Waals surface area contributed by atoms with Crippen molar-refractivity contribution in [1.82, 2.24) is 0 Å². The van der Waals surface area contributed by atoms with Crippen LogP contribution in [0.15, 0.2) is 48.5 Å². The molecule has 0 atom stereocenters. The second kappa shape index (κ2) is 4.91. The Labute approximate surface area is 99.9 Å². The van der Waals surface area contributed by atoms with E-state index >= 15 is 0 Å². The predicted molar refractivity (Wildman–Crippen MR) is 65.7 cm³/mol. The molecular formula is C15H13FO. The summed E-state index contributed by atoms with van der Waals surface area (Å²) < 4.78 is 13.0. The smallest absolute Gasteiger partial charge is 0.159 e. The van der Waals surface area contributed by atoms with Crippen LogP contribution < -0.4 is 0 Å². The van der Waals surface area contributed by atoms with Crippen LogP contribution in [-0.2, 0) is 6.42 Å². The molecule has 0 N–H and O–H groups in total. The molecule has 0 spiro atoms. The van der Waals surface area contributed by atoms with Crippen molar-refractivity contribution in [2.75, 3.05) is 0 Å². The number of carbonyl (C=O) groups excluding carboxylic acids is 1. The van der Waals surface area contributed by atoms with Crippen molar-refractivity contribution in [2.24, 2.45) is 0 Å². The molecule has 0 unspecified atom stereocenters. The SMILES string of the molecule is CC(=O)c1ccc(Cc2cccc(F)c2)cc1. The van der Waals surface area contributed by atoms with Crippen LogP contribution in [0.2, 0.25) is 0 Å². The lowest BCUT2D eigenvalue weighted by Gasteiger charge is -2.03. The first-order chi connectivity index (χ1) is 8.15. The van der Waals surface area contributed by atoms with Gasteiger partial charge in [-0.3, -0.25) is 4.79 Å². The Bertz CT molecular complexity index is 529. The standard InChI is InChI=1S/C15H13FO/c1-11(17)14-7-5-12(6-8-14)9-13-3-2-4-15(16)10-13/h2-8,10H,9H2,1H3. The molecule has 17 heavy (non-hydrogen) atoms. The highest BCUT2D eigenvalue weighted by Gasteiger charge is 2.01. The number of ketones is 1. The van der Waals surface area contributed by atoms with E-state index in [0.29, 0.717) is 12.0 Å². The predicted octanol–water partition coefficient (Wildman–Crippen LogP) is 3.62. The number of rotatable bonds is 3. The molecule has 2 heteroatoms. The maximum Gasteiger partial charge on any atom is 0.159 e. The molecule has 0 aliphatic carbocycles. The molecule has 0 fully saturated rings. The molecule has 86 valence electrons. The van der Waals surface area contributed by atoms with Crippen LogP contribution in [0, 0.1) is 5.82 Å². The molecule has 0 amide bonds. The van der Waals surface area contributed by atoms with E-state index in [0.717, 1.165) is 11.1 Å². The normalized spacial score (nSPS) is 10.2. The van der Waals surface area contributed by atoms with Gasteiger partial charge in [0.05, 0.1) is 0 Å². The van der Waals surface area contributed by atoms with E-state index in [1.807, 2.05) is 18.2 Å². The third-order valence-electron chi connectivity index (χ3n) is 2.66. The molecule has 0 aliphatic rings. The Morgan fingerprint density at radius 1 is 1.06 bits per heavy atom. The van der Waals surface area contributed by atoms with E-state index in [9.17, 15) is 9.18 Å². The van der Waals surface area contributed by atoms with Crippen molar-refractivity contribution >= 4 is 5.78 Å². The van der Waals surface area contributed by atoms with Gasteiger partial charge in [-0.1, -0.05) is 36.4 Å². The number of hydrogen-bond donors (Lipinski definition) is 0. The van der Waals surface area contributed by atoms with Crippen molar-refractivity contribution in [1.29, 1.82) is 0 Å². The summed E-state index contributed by atoms with van der Waals surface area (Å²) in [5.41, 5.74) is 2.70. The van der Waals surface area contributed by atoms with E-state index in [-0.39, 0.29) is 11.6 Å². The zero-order valence-electron chi connectivity index (χ0n) is 9.61. The van der Waals surface area contributed by atoms with Crippen LogP contribution in [0.4, 0.5) is 4.39 Å². The first kappa shape index (κ1) is 11.5. The van der Waals surface area contributed by atoms with Gasteiger partial charge in [0.15, 0.2) is 5.78 Å². The number of halogens is 1. The Morgan fingerprint density at radius 3 is 2.35 bits per heavy atom. The molecule has 2 rings (SSSR count). The van der Waals surface area contributed by atoms with Gasteiger partial charge in [0, 0.05) is 5.56 Å². The molecule has 2 aromatic rings. The quantitative estimate of drug-likeness (QED) is 0.733. The Balaban J connectivity index is 2.16. The van der Waals surface area contributed by atoms with Gasteiger partial charge in [-0.25, -0.2) is 4.39 Å². The second-order valence-electron chi connectivity index (χ2n) is 4.06. The van der Waals surface area contributed by atoms with Gasteiger partial charge in [-0.15, -0.1) is 0 Å². The molecule has 0 saturated carbocycles. The number of hydrogen-bond acceptors (Lipinski definition) is 1. The number of benzene rings is 2. The zero-order chi connectivity index (χ0) is 12.3. The minimum absolute atomic E-state index is 0.0577. The minimum atomic E-state index is -0.220. The summed E-state index contributed by atoms with van der Waals surface area (Å²) >= 11 is 0. The summed E-state index contributed by atoms with van der Waals surface area (Å²) in [6.07, 6.45) is 0.677. The third kappa shape index (κ3) is 3.00. The van der Waals surface area contributed by atoms with Crippen molar-refractivity contribution < 1.29 is 9.18 Å². The van der Waals surface area contributed by atoms with Gasteiger partial charge in [0.2, 0.25) is 0 Å². The fourth-order valence-corrected chi connectivity index (χ4v) is 1.74. The van der Waals surface area contributed by atoms with Gasteiger partial charge >= 0.3 is 0 Å². The molecule has 1 nitrogen and oxygen atoms in total. The van der Waals surface area contributed by atoms with Crippen LogP contribution >= 0.6 is 0 Å². The Kier molecular flexibility index (Phi) is 3.33. The average Bonchev–Trinajstić information content (AvgIpc) is 2.29. The summed E-state index contributed by atoms with van der Waals surface area (Å²) in [6.45, 7) is 1.54. The fourth-order valence-electron chi connectivity index (χ4n) is 1.74. The molecule has 2 aromatic carbocycles. The van der Waals surface area contributed by atoms with E-state index in [1.165, 1.54) is 12.1 Å². The Morgan fingerprint density at radius 2 is 1.76 bits per heavy atom. The second-order valence-corrected chi connectivity index (χ2v) is 4.06. The lowest BCUT2D eigenvalue weighted by molar-refractivity contribution is 0.101.